The SMILES string of the molecule is O[C@H]1CNCCC1N1Cc2ccccc2CC1C1=C=C1. The van der Waals surface area contributed by atoms with E-state index in [1.807, 2.05) is 0 Å². The number of β-amino-alcohol motifs (C(OH)–C–C–N with tert-alkyl or cyclic N) is 1. The van der Waals surface area contributed by atoms with Gasteiger partial charge in [0, 0.05) is 30.7 Å². The van der Waals surface area contributed by atoms with E-state index in [0.717, 1.165) is 25.9 Å². The Hall–Kier alpha value is -1.38. The maximum Gasteiger partial charge on any atom is 0.0820 e. The second kappa shape index (κ2) is 4.87. The van der Waals surface area contributed by atoms with Gasteiger partial charge in [-0.15, -0.1) is 5.73 Å². The zero-order chi connectivity index (χ0) is 13.5. The molecule has 1 saturated heterocycles. The van der Waals surface area contributed by atoms with Crippen LogP contribution in [0, 0.1) is 0 Å². The molecule has 0 amide bonds. The third-order valence-corrected chi connectivity index (χ3v) is 4.80. The molecule has 0 saturated carbocycles. The first-order valence-electron chi connectivity index (χ1n) is 7.51. The minimum Gasteiger partial charge on any atom is -0.390 e. The predicted octanol–water partition coefficient (Wildman–Crippen LogP) is 1.23. The molecule has 1 fully saturated rings. The Morgan fingerprint density at radius 1 is 1.25 bits per heavy atom. The van der Waals surface area contributed by atoms with E-state index < -0.39 is 0 Å². The third kappa shape index (κ3) is 2.13. The summed E-state index contributed by atoms with van der Waals surface area (Å²) in [5, 5.41) is 13.6. The maximum absolute atomic E-state index is 10.3. The van der Waals surface area contributed by atoms with Crippen molar-refractivity contribution in [1.29, 1.82) is 0 Å². The molecule has 104 valence electrons. The Balaban J connectivity index is 1.64. The van der Waals surface area contributed by atoms with Gasteiger partial charge < -0.3 is 10.4 Å². The summed E-state index contributed by atoms with van der Waals surface area (Å²) in [6.45, 7) is 2.66. The molecule has 0 radical (unpaired) electrons. The van der Waals surface area contributed by atoms with Crippen molar-refractivity contribution >= 4 is 0 Å². The van der Waals surface area contributed by atoms with Gasteiger partial charge in [0.25, 0.3) is 0 Å². The Labute approximate surface area is 119 Å². The van der Waals surface area contributed by atoms with E-state index in [-0.39, 0.29) is 12.1 Å². The number of aliphatic hydroxyl groups is 1. The molecule has 2 unspecified atom stereocenters. The summed E-state index contributed by atoms with van der Waals surface area (Å²) in [4.78, 5) is 2.50. The lowest BCUT2D eigenvalue weighted by atomic mass is 9.88. The monoisotopic (exact) mass is 268 g/mol. The average molecular weight is 268 g/mol. The van der Waals surface area contributed by atoms with E-state index in [0.29, 0.717) is 12.6 Å². The van der Waals surface area contributed by atoms with E-state index >= 15 is 0 Å². The van der Waals surface area contributed by atoms with Crippen molar-refractivity contribution in [2.45, 2.75) is 37.6 Å². The molecular weight excluding hydrogens is 248 g/mol. The van der Waals surface area contributed by atoms with E-state index in [1.165, 1.54) is 16.7 Å². The number of benzene rings is 1. The fourth-order valence-electron chi connectivity index (χ4n) is 3.63. The van der Waals surface area contributed by atoms with Crippen molar-refractivity contribution in [3.05, 3.63) is 52.8 Å². The van der Waals surface area contributed by atoms with Crippen LogP contribution in [0.1, 0.15) is 17.5 Å². The molecule has 2 aliphatic heterocycles. The number of rotatable bonds is 2. The summed E-state index contributed by atoms with van der Waals surface area (Å²) in [7, 11) is 0. The van der Waals surface area contributed by atoms with Crippen LogP contribution in [0.3, 0.4) is 0 Å². The lowest BCUT2D eigenvalue weighted by Gasteiger charge is -2.44. The fourth-order valence-corrected chi connectivity index (χ4v) is 3.63. The topological polar surface area (TPSA) is 35.5 Å². The summed E-state index contributed by atoms with van der Waals surface area (Å²) >= 11 is 0. The third-order valence-electron chi connectivity index (χ3n) is 4.80. The summed E-state index contributed by atoms with van der Waals surface area (Å²) in [6, 6.07) is 9.37. The second-order valence-electron chi connectivity index (χ2n) is 6.03. The van der Waals surface area contributed by atoms with E-state index in [9.17, 15) is 5.11 Å². The number of fused-ring (bicyclic) bond motifs is 1. The zero-order valence-corrected chi connectivity index (χ0v) is 11.5. The standard InChI is InChI=1S/C17H20N2O/c20-17-10-18-8-7-15(17)19-11-14-4-2-1-3-13(14)9-16(19)12-5-6-12/h1-5,15-18,20H,7-11H2/t15?,16?,17-/m0/s1. The van der Waals surface area contributed by atoms with Crippen molar-refractivity contribution < 1.29 is 5.11 Å². The first-order valence-corrected chi connectivity index (χ1v) is 7.51. The van der Waals surface area contributed by atoms with Gasteiger partial charge >= 0.3 is 0 Å². The van der Waals surface area contributed by atoms with Crippen LogP contribution >= 0.6 is 0 Å². The molecule has 3 heteroatoms. The minimum atomic E-state index is -0.268. The van der Waals surface area contributed by atoms with Gasteiger partial charge in [0.2, 0.25) is 0 Å². The Kier molecular flexibility index (Phi) is 3.01. The maximum atomic E-state index is 10.3. The molecule has 0 bridgehead atoms. The smallest absolute Gasteiger partial charge is 0.0820 e. The highest BCUT2D eigenvalue weighted by atomic mass is 16.3. The second-order valence-corrected chi connectivity index (χ2v) is 6.03. The molecule has 2 N–H and O–H groups in total. The highest BCUT2D eigenvalue weighted by Crippen LogP contribution is 2.33. The number of hydrogen-bond donors (Lipinski definition) is 2. The fraction of sp³-hybridized carbons (Fsp3) is 0.471. The Morgan fingerprint density at radius 2 is 2.05 bits per heavy atom. The van der Waals surface area contributed by atoms with Gasteiger partial charge in [-0.05, 0) is 36.6 Å². The lowest BCUT2D eigenvalue weighted by Crippen LogP contribution is -2.57. The van der Waals surface area contributed by atoms with Crippen LogP contribution in [0.15, 0.2) is 41.6 Å². The van der Waals surface area contributed by atoms with Gasteiger partial charge in [0.1, 0.15) is 0 Å². The first kappa shape index (κ1) is 12.4. The molecule has 0 spiro atoms. The predicted molar refractivity (Wildman–Crippen MR) is 78.4 cm³/mol. The molecule has 1 aliphatic carbocycles. The molecular formula is C17H20N2O. The van der Waals surface area contributed by atoms with E-state index in [1.54, 1.807) is 0 Å². The lowest BCUT2D eigenvalue weighted by molar-refractivity contribution is 0.00578. The summed E-state index contributed by atoms with van der Waals surface area (Å²) < 4.78 is 0. The molecule has 3 nitrogen and oxygen atoms in total. The van der Waals surface area contributed by atoms with Crippen LogP contribution in [0.25, 0.3) is 0 Å². The van der Waals surface area contributed by atoms with Crippen LogP contribution in [0.5, 0.6) is 0 Å². The molecule has 2 heterocycles. The number of piperidine rings is 1. The van der Waals surface area contributed by atoms with Crippen molar-refractivity contribution in [2.75, 3.05) is 13.1 Å². The quantitative estimate of drug-likeness (QED) is 0.792. The van der Waals surface area contributed by atoms with Gasteiger partial charge in [-0.25, -0.2) is 0 Å². The first-order chi connectivity index (χ1) is 9.83. The van der Waals surface area contributed by atoms with Crippen LogP contribution in [0.4, 0.5) is 0 Å². The van der Waals surface area contributed by atoms with Gasteiger partial charge in [0.05, 0.1) is 6.10 Å². The van der Waals surface area contributed by atoms with E-state index in [4.69, 9.17) is 0 Å². The van der Waals surface area contributed by atoms with Gasteiger partial charge in [0.15, 0.2) is 0 Å². The molecule has 0 aromatic heterocycles. The van der Waals surface area contributed by atoms with Crippen LogP contribution in [0.2, 0.25) is 0 Å². The van der Waals surface area contributed by atoms with Gasteiger partial charge in [-0.3, -0.25) is 4.90 Å². The average Bonchev–Trinajstić information content (AvgIpc) is 3.31. The molecule has 3 aliphatic rings. The number of hydrogen-bond acceptors (Lipinski definition) is 3. The summed E-state index contributed by atoms with van der Waals surface area (Å²) in [6.07, 6.45) is 3.90. The van der Waals surface area contributed by atoms with Gasteiger partial charge in [-0.1, -0.05) is 24.3 Å². The summed E-state index contributed by atoms with van der Waals surface area (Å²) in [5.41, 5.74) is 7.46. The molecule has 20 heavy (non-hydrogen) atoms. The molecule has 4 rings (SSSR count). The van der Waals surface area contributed by atoms with Crippen molar-refractivity contribution in [3.63, 3.8) is 0 Å². The molecule has 3 atom stereocenters. The van der Waals surface area contributed by atoms with Crippen molar-refractivity contribution in [1.82, 2.24) is 10.2 Å². The number of nitrogens with zero attached hydrogens (tertiary/aromatic N) is 1. The largest absolute Gasteiger partial charge is 0.390 e. The Bertz CT molecular complexity index is 588. The highest BCUT2D eigenvalue weighted by molar-refractivity contribution is 5.41. The van der Waals surface area contributed by atoms with Crippen LogP contribution < -0.4 is 5.32 Å². The van der Waals surface area contributed by atoms with E-state index in [2.05, 4.69) is 46.3 Å². The Morgan fingerprint density at radius 3 is 2.80 bits per heavy atom. The molecule has 1 aromatic carbocycles. The number of aliphatic hydroxyl groups excluding tert-OH is 1. The molecule has 1 aromatic rings. The zero-order valence-electron chi connectivity index (χ0n) is 11.5. The minimum absolute atomic E-state index is 0.262. The normalized spacial score (nSPS) is 32.6. The van der Waals surface area contributed by atoms with Crippen LogP contribution in [-0.4, -0.2) is 41.3 Å². The van der Waals surface area contributed by atoms with Crippen molar-refractivity contribution in [3.8, 4) is 0 Å². The summed E-state index contributed by atoms with van der Waals surface area (Å²) in [5.74, 6) is 0. The number of nitrogens with one attached hydrogen (secondary N) is 1. The van der Waals surface area contributed by atoms with Gasteiger partial charge in [-0.2, -0.15) is 0 Å². The highest BCUT2D eigenvalue weighted by Gasteiger charge is 2.38. The van der Waals surface area contributed by atoms with Crippen molar-refractivity contribution in [2.24, 2.45) is 0 Å². The van der Waals surface area contributed by atoms with Crippen LogP contribution in [-0.2, 0) is 13.0 Å².